The lowest BCUT2D eigenvalue weighted by Gasteiger charge is -2.27. The van der Waals surface area contributed by atoms with Crippen molar-refractivity contribution in [3.63, 3.8) is 0 Å². The molecule has 0 spiro atoms. The molecule has 33 heavy (non-hydrogen) atoms. The van der Waals surface area contributed by atoms with Gasteiger partial charge in [0.15, 0.2) is 0 Å². The predicted octanol–water partition coefficient (Wildman–Crippen LogP) is 4.47. The zero-order chi connectivity index (χ0) is 24.1. The Morgan fingerprint density at radius 2 is 1.79 bits per heavy atom. The van der Waals surface area contributed by atoms with Crippen molar-refractivity contribution < 1.29 is 12.8 Å². The third-order valence-electron chi connectivity index (χ3n) is 5.61. The highest BCUT2D eigenvalue weighted by Gasteiger charge is 2.27. The van der Waals surface area contributed by atoms with Crippen molar-refractivity contribution >= 4 is 10.2 Å². The minimum absolute atomic E-state index is 0.235. The van der Waals surface area contributed by atoms with Crippen molar-refractivity contribution in [1.82, 2.24) is 19.2 Å². The van der Waals surface area contributed by atoms with Crippen LogP contribution in [0.25, 0.3) is 11.3 Å². The number of halogens is 1. The van der Waals surface area contributed by atoms with Crippen LogP contribution in [0.5, 0.6) is 0 Å². The molecule has 0 saturated heterocycles. The molecule has 3 rings (SSSR count). The summed E-state index contributed by atoms with van der Waals surface area (Å²) in [5, 5.41) is 4.63. The van der Waals surface area contributed by atoms with Crippen LogP contribution in [0.3, 0.4) is 0 Å². The summed E-state index contributed by atoms with van der Waals surface area (Å²) in [6, 6.07) is 16.4. The van der Waals surface area contributed by atoms with Gasteiger partial charge in [-0.25, -0.2) is 9.11 Å². The van der Waals surface area contributed by atoms with E-state index in [1.807, 2.05) is 62.8 Å². The summed E-state index contributed by atoms with van der Waals surface area (Å²) < 4.78 is 45.2. The average Bonchev–Trinajstić information content (AvgIpc) is 3.13. The maximum Gasteiger partial charge on any atom is 0.277 e. The number of nitrogens with one attached hydrogen (secondary N) is 2. The number of unbranched alkanes of at least 4 members (excludes halogenated alkanes) is 1. The van der Waals surface area contributed by atoms with Gasteiger partial charge in [-0.2, -0.15) is 18.2 Å². The van der Waals surface area contributed by atoms with Gasteiger partial charge in [-0.15, -0.1) is 0 Å². The van der Waals surface area contributed by atoms with Gasteiger partial charge in [0.2, 0.25) is 0 Å². The van der Waals surface area contributed by atoms with Crippen molar-refractivity contribution in [2.45, 2.75) is 52.0 Å². The van der Waals surface area contributed by atoms with E-state index in [2.05, 4.69) is 14.5 Å². The van der Waals surface area contributed by atoms with Crippen LogP contribution in [0.2, 0.25) is 0 Å². The number of hydrogen-bond acceptors (Lipinski definition) is 3. The second kappa shape index (κ2) is 10.6. The molecule has 0 aliphatic rings. The summed E-state index contributed by atoms with van der Waals surface area (Å²) in [7, 11) is -1.72. The highest BCUT2D eigenvalue weighted by Crippen LogP contribution is 2.27. The molecule has 0 unspecified atom stereocenters. The first-order valence-corrected chi connectivity index (χ1v) is 12.7. The minimum atomic E-state index is -3.62. The van der Waals surface area contributed by atoms with E-state index in [4.69, 9.17) is 0 Å². The fraction of sp³-hybridized carbons (Fsp3) is 0.400. The van der Waals surface area contributed by atoms with Gasteiger partial charge in [-0.3, -0.25) is 4.68 Å². The molecule has 0 atom stereocenters. The molecule has 6 nitrogen and oxygen atoms in total. The first kappa shape index (κ1) is 25.1. The Morgan fingerprint density at radius 3 is 2.48 bits per heavy atom. The Balaban J connectivity index is 1.75. The average molecular weight is 473 g/mol. The summed E-state index contributed by atoms with van der Waals surface area (Å²) in [4.78, 5) is 0. The van der Waals surface area contributed by atoms with Gasteiger partial charge in [0, 0.05) is 19.2 Å². The maximum absolute atomic E-state index is 13.1. The van der Waals surface area contributed by atoms with E-state index in [0.717, 1.165) is 53.8 Å². The van der Waals surface area contributed by atoms with Crippen LogP contribution < -0.4 is 9.44 Å². The zero-order valence-electron chi connectivity index (χ0n) is 19.7. The number of nitrogens with zero attached hydrogens (tertiary/aromatic N) is 2. The smallest absolute Gasteiger partial charge is 0.268 e. The molecule has 0 amide bonds. The van der Waals surface area contributed by atoms with Gasteiger partial charge in [0.05, 0.1) is 16.9 Å². The summed E-state index contributed by atoms with van der Waals surface area (Å²) in [5.74, 6) is -0.235. The van der Waals surface area contributed by atoms with Crippen LogP contribution in [-0.4, -0.2) is 24.7 Å². The highest BCUT2D eigenvalue weighted by atomic mass is 32.2. The first-order valence-electron chi connectivity index (χ1n) is 11.3. The fourth-order valence-corrected chi connectivity index (χ4v) is 5.00. The highest BCUT2D eigenvalue weighted by molar-refractivity contribution is 7.87. The van der Waals surface area contributed by atoms with Crippen molar-refractivity contribution in [2.75, 3.05) is 6.54 Å². The minimum Gasteiger partial charge on any atom is -0.268 e. The van der Waals surface area contributed by atoms with Crippen molar-refractivity contribution in [1.29, 1.82) is 0 Å². The maximum atomic E-state index is 13.1. The summed E-state index contributed by atoms with van der Waals surface area (Å²) in [5.41, 5.74) is 3.98. The molecule has 1 heterocycles. The van der Waals surface area contributed by atoms with E-state index in [0.29, 0.717) is 6.54 Å². The van der Waals surface area contributed by atoms with Gasteiger partial charge >= 0.3 is 0 Å². The van der Waals surface area contributed by atoms with Crippen LogP contribution in [0.15, 0.2) is 54.6 Å². The molecule has 3 aromatic rings. The monoisotopic (exact) mass is 472 g/mol. The number of hydrogen-bond donors (Lipinski definition) is 2. The van der Waals surface area contributed by atoms with E-state index in [-0.39, 0.29) is 5.82 Å². The lowest BCUT2D eigenvalue weighted by atomic mass is 9.93. The quantitative estimate of drug-likeness (QED) is 0.404. The van der Waals surface area contributed by atoms with Crippen molar-refractivity contribution in [3.8, 4) is 11.3 Å². The first-order chi connectivity index (χ1) is 15.6. The number of aromatic nitrogens is 2. The van der Waals surface area contributed by atoms with Gasteiger partial charge < -0.3 is 0 Å². The standard InChI is InChI=1S/C25H33FN4O2S/c1-5-6-16-27-33(31,32)29-25(2,3)21-9-7-8-20(17-21)24-18-23(28-30(24)4)15-12-19-10-13-22(26)14-11-19/h7-11,13-14,17-18,27,29H,5-6,12,15-16H2,1-4H3. The van der Waals surface area contributed by atoms with Crippen molar-refractivity contribution in [3.05, 3.63) is 77.2 Å². The Bertz CT molecular complexity index is 1170. The summed E-state index contributed by atoms with van der Waals surface area (Å²) in [6.07, 6.45) is 3.23. The van der Waals surface area contributed by atoms with Crippen LogP contribution in [-0.2, 0) is 35.6 Å². The Morgan fingerprint density at radius 1 is 1.06 bits per heavy atom. The summed E-state index contributed by atoms with van der Waals surface area (Å²) in [6.45, 7) is 6.13. The SMILES string of the molecule is CCCCNS(=O)(=O)NC(C)(C)c1cccc(-c2cc(CCc3ccc(F)cc3)nn2C)c1. The third kappa shape index (κ3) is 6.96. The Hall–Kier alpha value is -2.55. The number of benzene rings is 2. The lowest BCUT2D eigenvalue weighted by molar-refractivity contribution is 0.465. The molecular formula is C25H33FN4O2S. The molecule has 0 saturated carbocycles. The van der Waals surface area contributed by atoms with Gasteiger partial charge in [0.25, 0.3) is 10.2 Å². The fourth-order valence-electron chi connectivity index (χ4n) is 3.72. The molecular weight excluding hydrogens is 439 g/mol. The van der Waals surface area contributed by atoms with E-state index in [9.17, 15) is 12.8 Å². The molecule has 2 N–H and O–H groups in total. The zero-order valence-corrected chi connectivity index (χ0v) is 20.5. The predicted molar refractivity (Wildman–Crippen MR) is 130 cm³/mol. The third-order valence-corrected chi connectivity index (χ3v) is 6.97. The van der Waals surface area contributed by atoms with Gasteiger partial charge in [-0.1, -0.05) is 43.7 Å². The van der Waals surface area contributed by atoms with E-state index in [1.54, 1.807) is 12.1 Å². The molecule has 0 fully saturated rings. The number of rotatable bonds is 11. The lowest BCUT2D eigenvalue weighted by Crippen LogP contribution is -2.47. The molecule has 0 radical (unpaired) electrons. The second-order valence-corrected chi connectivity index (χ2v) is 10.3. The van der Waals surface area contributed by atoms with E-state index >= 15 is 0 Å². The van der Waals surface area contributed by atoms with E-state index in [1.165, 1.54) is 12.1 Å². The largest absolute Gasteiger partial charge is 0.277 e. The number of aryl methyl sites for hydroxylation is 3. The molecule has 1 aromatic heterocycles. The second-order valence-electron chi connectivity index (χ2n) is 8.83. The molecule has 178 valence electrons. The normalized spacial score (nSPS) is 12.3. The van der Waals surface area contributed by atoms with Crippen molar-refractivity contribution in [2.24, 2.45) is 7.05 Å². The van der Waals surface area contributed by atoms with Crippen LogP contribution in [0, 0.1) is 5.82 Å². The van der Waals surface area contributed by atoms with Crippen LogP contribution in [0.1, 0.15) is 50.4 Å². The Labute approximate surface area is 196 Å². The van der Waals surface area contributed by atoms with Gasteiger partial charge in [-0.05, 0) is 68.5 Å². The molecule has 0 aliphatic heterocycles. The molecule has 8 heteroatoms. The molecule has 0 aliphatic carbocycles. The van der Waals surface area contributed by atoms with Gasteiger partial charge in [0.1, 0.15) is 5.82 Å². The van der Waals surface area contributed by atoms with E-state index < -0.39 is 15.7 Å². The molecule has 2 aromatic carbocycles. The van der Waals surface area contributed by atoms with Crippen LogP contribution in [0.4, 0.5) is 4.39 Å². The Kier molecular flexibility index (Phi) is 8.05. The van der Waals surface area contributed by atoms with Crippen LogP contribution >= 0.6 is 0 Å². The topological polar surface area (TPSA) is 76.0 Å². The summed E-state index contributed by atoms with van der Waals surface area (Å²) >= 11 is 0. The molecule has 0 bridgehead atoms.